The van der Waals surface area contributed by atoms with Gasteiger partial charge in [-0.25, -0.2) is 9.78 Å². The van der Waals surface area contributed by atoms with E-state index >= 15 is 0 Å². The molecule has 3 rings (SSSR count). The molecule has 1 aromatic heterocycles. The monoisotopic (exact) mass is 483 g/mol. The number of pyridine rings is 1. The van der Waals surface area contributed by atoms with E-state index in [1.54, 1.807) is 44.2 Å². The molecule has 1 unspecified atom stereocenters. The Labute approximate surface area is 202 Å². The molecule has 1 aliphatic rings. The van der Waals surface area contributed by atoms with Crippen molar-refractivity contribution in [1.29, 1.82) is 0 Å². The number of primary amides is 1. The van der Waals surface area contributed by atoms with Crippen molar-refractivity contribution in [2.75, 3.05) is 4.90 Å². The zero-order chi connectivity index (χ0) is 26.0. The normalized spacial score (nSPS) is 22.5. The molecule has 2 aromatic rings. The molecule has 0 radical (unpaired) electrons. The molecule has 186 valence electrons. The average molecular weight is 484 g/mol. The third-order valence-electron chi connectivity index (χ3n) is 6.23. The molecule has 35 heavy (non-hydrogen) atoms. The zero-order valence-corrected chi connectivity index (χ0v) is 19.5. The van der Waals surface area contributed by atoms with E-state index in [0.717, 1.165) is 4.90 Å². The molecular formula is C24H29N5O6. The van der Waals surface area contributed by atoms with E-state index in [4.69, 9.17) is 11.5 Å². The van der Waals surface area contributed by atoms with Gasteiger partial charge in [0.2, 0.25) is 5.54 Å². The van der Waals surface area contributed by atoms with Crippen LogP contribution in [0, 0.1) is 5.92 Å². The predicted octanol–water partition coefficient (Wildman–Crippen LogP) is 0.775. The molecule has 0 saturated carbocycles. The number of benzene rings is 1. The molecule has 2 atom stereocenters. The number of hydroxylamine groups is 1. The van der Waals surface area contributed by atoms with Gasteiger partial charge in [0.1, 0.15) is 5.54 Å². The minimum atomic E-state index is -2.45. The van der Waals surface area contributed by atoms with E-state index in [0.29, 0.717) is 5.56 Å². The maximum atomic E-state index is 14.2. The molecular weight excluding hydrogens is 454 g/mol. The number of rotatable bonds is 9. The standard InChI is InChI=1S/C24H29N5O6/c1-14(2)10-23(28-35)12-17(30)24(22(33)34,11-15-6-4-3-5-7-15)29(21(23)32)19-16(13-25)8-9-27-18(19)20(26)31/h3-9,14,28,35H,10-13,25H2,1-2H3,(H2,26,31)(H,33,34)/t23?,24-/m1/s1. The van der Waals surface area contributed by atoms with Gasteiger partial charge in [-0.3, -0.25) is 19.3 Å². The van der Waals surface area contributed by atoms with Gasteiger partial charge in [0, 0.05) is 25.6 Å². The number of nitrogens with zero attached hydrogens (tertiary/aromatic N) is 2. The smallest absolute Gasteiger partial charge is 0.338 e. The van der Waals surface area contributed by atoms with Crippen molar-refractivity contribution in [3.8, 4) is 0 Å². The molecule has 2 heterocycles. The van der Waals surface area contributed by atoms with Crippen molar-refractivity contribution < 1.29 is 29.5 Å². The first kappa shape index (κ1) is 25.9. The summed E-state index contributed by atoms with van der Waals surface area (Å²) in [7, 11) is 0. The number of nitrogens with two attached hydrogens (primary N) is 2. The molecule has 1 aromatic carbocycles. The summed E-state index contributed by atoms with van der Waals surface area (Å²) in [6.45, 7) is 3.36. The molecule has 2 amide bonds. The number of Topliss-reactive ketones (excluding diaryl/α,β-unsaturated/α-hetero) is 1. The van der Waals surface area contributed by atoms with E-state index in [-0.39, 0.29) is 30.1 Å². The number of carbonyl (C=O) groups is 4. The highest BCUT2D eigenvalue weighted by Gasteiger charge is 2.64. The van der Waals surface area contributed by atoms with Crippen LogP contribution < -0.4 is 21.8 Å². The fourth-order valence-electron chi connectivity index (χ4n) is 4.74. The van der Waals surface area contributed by atoms with E-state index in [9.17, 15) is 29.5 Å². The fourth-order valence-corrected chi connectivity index (χ4v) is 4.74. The van der Waals surface area contributed by atoms with Crippen LogP contribution in [0.1, 0.15) is 48.3 Å². The van der Waals surface area contributed by atoms with E-state index < -0.39 is 53.2 Å². The minimum Gasteiger partial charge on any atom is -0.479 e. The van der Waals surface area contributed by atoms with E-state index in [2.05, 4.69) is 4.98 Å². The van der Waals surface area contributed by atoms with Gasteiger partial charge in [-0.2, -0.15) is 5.48 Å². The van der Waals surface area contributed by atoms with Crippen LogP contribution in [0.4, 0.5) is 5.69 Å². The van der Waals surface area contributed by atoms with Gasteiger partial charge in [0.25, 0.3) is 11.8 Å². The summed E-state index contributed by atoms with van der Waals surface area (Å²) >= 11 is 0. The molecule has 0 spiro atoms. The van der Waals surface area contributed by atoms with Gasteiger partial charge in [-0.15, -0.1) is 0 Å². The Balaban J connectivity index is 2.42. The van der Waals surface area contributed by atoms with Crippen LogP contribution in [0.15, 0.2) is 42.6 Å². The van der Waals surface area contributed by atoms with Crippen LogP contribution in [0.3, 0.4) is 0 Å². The zero-order valence-electron chi connectivity index (χ0n) is 19.5. The number of piperidine rings is 1. The molecule has 11 nitrogen and oxygen atoms in total. The number of nitrogens with one attached hydrogen (secondary N) is 1. The predicted molar refractivity (Wildman–Crippen MR) is 125 cm³/mol. The lowest BCUT2D eigenvalue weighted by atomic mass is 9.70. The fraction of sp³-hybridized carbons (Fsp3) is 0.375. The van der Waals surface area contributed by atoms with Gasteiger partial charge in [0.05, 0.1) is 5.69 Å². The van der Waals surface area contributed by atoms with Crippen molar-refractivity contribution in [2.45, 2.75) is 50.7 Å². The maximum absolute atomic E-state index is 14.2. The number of aliphatic carboxylic acids is 1. The van der Waals surface area contributed by atoms with Crippen LogP contribution >= 0.6 is 0 Å². The first-order valence-electron chi connectivity index (χ1n) is 11.1. The Morgan fingerprint density at radius 1 is 1.20 bits per heavy atom. The Morgan fingerprint density at radius 3 is 2.37 bits per heavy atom. The first-order valence-corrected chi connectivity index (χ1v) is 11.1. The highest BCUT2D eigenvalue weighted by atomic mass is 16.5. The molecule has 1 saturated heterocycles. The lowest BCUT2D eigenvalue weighted by Gasteiger charge is -2.50. The quantitative estimate of drug-likeness (QED) is 0.253. The topological polar surface area (TPSA) is 189 Å². The van der Waals surface area contributed by atoms with Gasteiger partial charge in [-0.05, 0) is 29.5 Å². The second kappa shape index (κ2) is 9.90. The number of hydrogen-bond acceptors (Lipinski definition) is 8. The molecule has 11 heteroatoms. The van der Waals surface area contributed by atoms with E-state index in [1.807, 2.05) is 5.48 Å². The SMILES string of the molecule is CC(C)CC1(NO)CC(=O)[C@](Cc2ccccc2)(C(=O)O)N(c2c(CN)ccnc2C(N)=O)C1=O. The highest BCUT2D eigenvalue weighted by molar-refractivity contribution is 6.24. The van der Waals surface area contributed by atoms with E-state index in [1.165, 1.54) is 12.3 Å². The number of anilines is 1. The van der Waals surface area contributed by atoms with Gasteiger partial charge >= 0.3 is 5.97 Å². The van der Waals surface area contributed by atoms with Crippen LogP contribution in [0.2, 0.25) is 0 Å². The summed E-state index contributed by atoms with van der Waals surface area (Å²) in [4.78, 5) is 58.1. The second-order valence-electron chi connectivity index (χ2n) is 9.10. The summed E-state index contributed by atoms with van der Waals surface area (Å²) in [6, 6.07) is 9.75. The van der Waals surface area contributed by atoms with Crippen molar-refractivity contribution in [1.82, 2.24) is 10.5 Å². The maximum Gasteiger partial charge on any atom is 0.338 e. The number of ketones is 1. The Hall–Kier alpha value is -3.67. The third-order valence-corrected chi connectivity index (χ3v) is 6.23. The summed E-state index contributed by atoms with van der Waals surface area (Å²) in [6.07, 6.45) is 0.289. The summed E-state index contributed by atoms with van der Waals surface area (Å²) in [5, 5.41) is 20.6. The van der Waals surface area contributed by atoms with Crippen molar-refractivity contribution in [3.63, 3.8) is 0 Å². The number of hydrogen-bond donors (Lipinski definition) is 5. The average Bonchev–Trinajstić information content (AvgIpc) is 2.82. The number of aromatic nitrogens is 1. The van der Waals surface area contributed by atoms with Gasteiger partial charge in [-0.1, -0.05) is 44.2 Å². The molecule has 0 aliphatic carbocycles. The van der Waals surface area contributed by atoms with Crippen molar-refractivity contribution >= 4 is 29.3 Å². The third kappa shape index (κ3) is 4.41. The lowest BCUT2D eigenvalue weighted by Crippen LogP contribution is -2.76. The molecule has 1 fully saturated rings. The van der Waals surface area contributed by atoms with Crippen LogP contribution in [-0.2, 0) is 27.3 Å². The van der Waals surface area contributed by atoms with Crippen molar-refractivity contribution in [2.24, 2.45) is 17.4 Å². The molecule has 1 aliphatic heterocycles. The molecule has 0 bridgehead atoms. The summed E-state index contributed by atoms with van der Waals surface area (Å²) in [5.41, 5.74) is 9.11. The number of carbonyl (C=O) groups excluding carboxylic acids is 3. The Bertz CT molecular complexity index is 1150. The number of amides is 2. The highest BCUT2D eigenvalue weighted by Crippen LogP contribution is 2.42. The summed E-state index contributed by atoms with van der Waals surface area (Å²) in [5.74, 6) is -4.54. The number of carboxylic acids is 1. The van der Waals surface area contributed by atoms with Crippen LogP contribution in [-0.4, -0.2) is 49.9 Å². The van der Waals surface area contributed by atoms with Gasteiger partial charge < -0.3 is 21.8 Å². The number of carboxylic acid groups (broad SMARTS) is 1. The molecule has 7 N–H and O–H groups in total. The van der Waals surface area contributed by atoms with Crippen LogP contribution in [0.5, 0.6) is 0 Å². The largest absolute Gasteiger partial charge is 0.479 e. The Kier molecular flexibility index (Phi) is 7.34. The second-order valence-corrected chi connectivity index (χ2v) is 9.10. The first-order chi connectivity index (χ1) is 16.5. The minimum absolute atomic E-state index is 0.00966. The lowest BCUT2D eigenvalue weighted by molar-refractivity contribution is -0.158. The summed E-state index contributed by atoms with van der Waals surface area (Å²) < 4.78 is 0. The Morgan fingerprint density at radius 2 is 1.86 bits per heavy atom. The van der Waals surface area contributed by atoms with Crippen molar-refractivity contribution in [3.05, 3.63) is 59.4 Å². The van der Waals surface area contributed by atoms with Gasteiger partial charge in [0.15, 0.2) is 11.5 Å². The van der Waals surface area contributed by atoms with Crippen LogP contribution in [0.25, 0.3) is 0 Å².